The number of hydrogen-bond donors (Lipinski definition) is 2. The molecule has 1 heterocycles. The molecular weight excluding hydrogens is 401 g/mol. The van der Waals surface area contributed by atoms with Crippen molar-refractivity contribution in [3.8, 4) is 0 Å². The van der Waals surface area contributed by atoms with Gasteiger partial charge in [0.2, 0.25) is 0 Å². The molecule has 1 aromatic heterocycles. The van der Waals surface area contributed by atoms with Gasteiger partial charge in [-0.25, -0.2) is 4.39 Å². The summed E-state index contributed by atoms with van der Waals surface area (Å²) in [6.45, 7) is 2.46. The minimum atomic E-state index is -3.94. The summed E-state index contributed by atoms with van der Waals surface area (Å²) in [5.41, 5.74) is 1.75. The van der Waals surface area contributed by atoms with Crippen LogP contribution in [0.5, 0.6) is 0 Å². The minimum absolute atomic E-state index is 0.0959. The summed E-state index contributed by atoms with van der Waals surface area (Å²) in [7, 11) is -2.40. The van der Waals surface area contributed by atoms with E-state index in [1.54, 1.807) is 14.0 Å². The molecule has 2 aromatic rings. The first kappa shape index (κ1) is 21.0. The van der Waals surface area contributed by atoms with E-state index in [1.165, 1.54) is 0 Å². The van der Waals surface area contributed by atoms with Gasteiger partial charge in [-0.15, -0.1) is 0 Å². The molecule has 0 radical (unpaired) electrons. The van der Waals surface area contributed by atoms with Crippen LogP contribution in [0.1, 0.15) is 40.3 Å². The third-order valence-corrected chi connectivity index (χ3v) is 5.77. The van der Waals surface area contributed by atoms with E-state index in [-0.39, 0.29) is 16.6 Å². The highest BCUT2D eigenvalue weighted by atomic mass is 32.2. The highest BCUT2D eigenvalue weighted by molar-refractivity contribution is 7.89. The van der Waals surface area contributed by atoms with Gasteiger partial charge in [-0.2, -0.15) is 18.4 Å². The van der Waals surface area contributed by atoms with Gasteiger partial charge in [-0.1, -0.05) is 0 Å². The number of hydrazone groups is 1. The number of hydrogen-bond acceptors (Lipinski definition) is 6. The molecule has 0 saturated carbocycles. The van der Waals surface area contributed by atoms with Crippen molar-refractivity contribution in [3.05, 3.63) is 52.7 Å². The van der Waals surface area contributed by atoms with Crippen LogP contribution in [0.25, 0.3) is 0 Å². The Kier molecular flexibility index (Phi) is 6.33. The number of sulfonamides is 1. The lowest BCUT2D eigenvalue weighted by Crippen LogP contribution is -2.27. The summed E-state index contributed by atoms with van der Waals surface area (Å²) >= 11 is 0. The normalized spacial score (nSPS) is 15.2. The van der Waals surface area contributed by atoms with E-state index in [9.17, 15) is 17.6 Å². The SMILES string of the molecule is COCCNC(=O)c1oc2c(c1C)/C(=N/NS(=O)(=O)c1ccc(F)cc1)CCC2. The van der Waals surface area contributed by atoms with Crippen LogP contribution < -0.4 is 10.1 Å². The molecule has 1 aliphatic carbocycles. The predicted octanol–water partition coefficient (Wildman–Crippen LogP) is 2.12. The molecule has 0 atom stereocenters. The Morgan fingerprint density at radius 2 is 2.00 bits per heavy atom. The maximum absolute atomic E-state index is 13.0. The van der Waals surface area contributed by atoms with Crippen LogP contribution in [0.15, 0.2) is 38.7 Å². The van der Waals surface area contributed by atoms with Gasteiger partial charge < -0.3 is 14.5 Å². The smallest absolute Gasteiger partial charge is 0.287 e. The number of carbonyl (C=O) groups is 1. The molecule has 3 rings (SSSR count). The van der Waals surface area contributed by atoms with E-state index in [1.807, 2.05) is 0 Å². The molecule has 0 spiro atoms. The second-order valence-corrected chi connectivity index (χ2v) is 8.22. The fraction of sp³-hybridized carbons (Fsp3) is 0.368. The molecule has 29 heavy (non-hydrogen) atoms. The Morgan fingerprint density at radius 1 is 1.28 bits per heavy atom. The molecule has 156 valence electrons. The van der Waals surface area contributed by atoms with Gasteiger partial charge in [-0.05, 0) is 44.0 Å². The van der Waals surface area contributed by atoms with Crippen LogP contribution in [0.4, 0.5) is 4.39 Å². The van der Waals surface area contributed by atoms with E-state index in [2.05, 4.69) is 15.2 Å². The summed E-state index contributed by atoms with van der Waals surface area (Å²) in [5.74, 6) is -0.106. The number of benzene rings is 1. The summed E-state index contributed by atoms with van der Waals surface area (Å²) in [6, 6.07) is 4.45. The van der Waals surface area contributed by atoms with Crippen molar-refractivity contribution in [2.24, 2.45) is 5.10 Å². The van der Waals surface area contributed by atoms with E-state index in [4.69, 9.17) is 9.15 Å². The monoisotopic (exact) mass is 423 g/mol. The number of aryl methyl sites for hydroxylation is 1. The highest BCUT2D eigenvalue weighted by Gasteiger charge is 2.28. The molecule has 0 bridgehead atoms. The lowest BCUT2D eigenvalue weighted by Gasteiger charge is -2.14. The van der Waals surface area contributed by atoms with Crippen molar-refractivity contribution in [2.75, 3.05) is 20.3 Å². The van der Waals surface area contributed by atoms with Gasteiger partial charge >= 0.3 is 0 Å². The number of ether oxygens (including phenoxy) is 1. The summed E-state index contributed by atoms with van der Waals surface area (Å²) < 4.78 is 48.5. The topological polar surface area (TPSA) is 110 Å². The first-order chi connectivity index (χ1) is 13.8. The zero-order chi connectivity index (χ0) is 21.0. The third-order valence-electron chi connectivity index (χ3n) is 4.55. The molecule has 0 fully saturated rings. The quantitative estimate of drug-likeness (QED) is 0.524. The second-order valence-electron chi connectivity index (χ2n) is 6.56. The third kappa shape index (κ3) is 4.65. The van der Waals surface area contributed by atoms with Crippen LogP contribution in [0.2, 0.25) is 0 Å². The van der Waals surface area contributed by atoms with Crippen molar-refractivity contribution >= 4 is 21.6 Å². The van der Waals surface area contributed by atoms with Crippen molar-refractivity contribution in [3.63, 3.8) is 0 Å². The number of nitrogens with zero attached hydrogens (tertiary/aromatic N) is 1. The Bertz CT molecular complexity index is 1030. The molecule has 8 nitrogen and oxygen atoms in total. The molecule has 0 saturated heterocycles. The van der Waals surface area contributed by atoms with Gasteiger partial charge in [0, 0.05) is 31.2 Å². The van der Waals surface area contributed by atoms with Crippen molar-refractivity contribution < 1.29 is 26.8 Å². The number of amides is 1. The summed E-state index contributed by atoms with van der Waals surface area (Å²) in [4.78, 5) is 14.4. The zero-order valence-electron chi connectivity index (χ0n) is 16.1. The van der Waals surface area contributed by atoms with Crippen molar-refractivity contribution in [1.82, 2.24) is 10.1 Å². The lowest BCUT2D eigenvalue weighted by molar-refractivity contribution is 0.0907. The van der Waals surface area contributed by atoms with Gasteiger partial charge in [0.25, 0.3) is 15.9 Å². The number of nitrogens with one attached hydrogen (secondary N) is 2. The molecular formula is C19H22FN3O5S. The average molecular weight is 423 g/mol. The lowest BCUT2D eigenvalue weighted by atomic mass is 9.93. The number of fused-ring (bicyclic) bond motifs is 1. The largest absolute Gasteiger partial charge is 0.455 e. The minimum Gasteiger partial charge on any atom is -0.455 e. The molecule has 0 unspecified atom stereocenters. The zero-order valence-corrected chi connectivity index (χ0v) is 16.9. The molecule has 10 heteroatoms. The molecule has 0 aliphatic heterocycles. The number of methoxy groups -OCH3 is 1. The van der Waals surface area contributed by atoms with Crippen LogP contribution in [-0.4, -0.2) is 40.3 Å². The number of halogens is 1. The van der Waals surface area contributed by atoms with Crippen LogP contribution >= 0.6 is 0 Å². The number of carbonyl (C=O) groups excluding carboxylic acids is 1. The first-order valence-corrected chi connectivity index (χ1v) is 10.6. The van der Waals surface area contributed by atoms with E-state index < -0.39 is 15.8 Å². The molecule has 1 amide bonds. The van der Waals surface area contributed by atoms with Crippen LogP contribution in [0, 0.1) is 12.7 Å². The van der Waals surface area contributed by atoms with Gasteiger partial charge in [0.1, 0.15) is 11.6 Å². The molecule has 1 aliphatic rings. The van der Waals surface area contributed by atoms with E-state index >= 15 is 0 Å². The fourth-order valence-electron chi connectivity index (χ4n) is 3.13. The second kappa shape index (κ2) is 8.75. The standard InChI is InChI=1S/C19H22FN3O5S/c1-12-17-15(22-23-29(25,26)14-8-6-13(20)7-9-14)4-3-5-16(17)28-18(12)19(24)21-10-11-27-2/h6-9,23H,3-5,10-11H2,1-2H3,(H,21,24)/b22-15+. The summed E-state index contributed by atoms with van der Waals surface area (Å²) in [6.07, 6.45) is 1.87. The molecule has 1 aromatic carbocycles. The highest BCUT2D eigenvalue weighted by Crippen LogP contribution is 2.30. The summed E-state index contributed by atoms with van der Waals surface area (Å²) in [5, 5.41) is 6.78. The maximum atomic E-state index is 13.0. The van der Waals surface area contributed by atoms with Gasteiger partial charge in [-0.3, -0.25) is 4.79 Å². The van der Waals surface area contributed by atoms with Crippen LogP contribution in [-0.2, 0) is 21.2 Å². The average Bonchev–Trinajstić information content (AvgIpc) is 3.04. The Balaban J connectivity index is 1.84. The van der Waals surface area contributed by atoms with Crippen molar-refractivity contribution in [1.29, 1.82) is 0 Å². The number of rotatable bonds is 7. The number of furan rings is 1. The Morgan fingerprint density at radius 3 is 2.69 bits per heavy atom. The van der Waals surface area contributed by atoms with E-state index in [0.29, 0.717) is 55.0 Å². The predicted molar refractivity (Wildman–Crippen MR) is 104 cm³/mol. The Labute approximate surface area is 168 Å². The van der Waals surface area contributed by atoms with Crippen LogP contribution in [0.3, 0.4) is 0 Å². The maximum Gasteiger partial charge on any atom is 0.287 e. The Hall–Kier alpha value is -2.72. The van der Waals surface area contributed by atoms with Crippen molar-refractivity contribution in [2.45, 2.75) is 31.1 Å². The first-order valence-electron chi connectivity index (χ1n) is 9.07. The van der Waals surface area contributed by atoms with E-state index in [0.717, 1.165) is 24.3 Å². The fourth-order valence-corrected chi connectivity index (χ4v) is 3.96. The van der Waals surface area contributed by atoms with Gasteiger partial charge in [0.05, 0.1) is 17.2 Å². The van der Waals surface area contributed by atoms with Gasteiger partial charge in [0.15, 0.2) is 5.76 Å². The molecule has 2 N–H and O–H groups in total.